The fourth-order valence-electron chi connectivity index (χ4n) is 3.76. The Labute approximate surface area is 159 Å². The Morgan fingerprint density at radius 3 is 2.73 bits per heavy atom. The average molecular weight is 369 g/mol. The highest BCUT2D eigenvalue weighted by molar-refractivity contribution is 8.18. The molecule has 2 heterocycles. The molecule has 1 atom stereocenters. The van der Waals surface area contributed by atoms with Crippen molar-refractivity contribution in [2.45, 2.75) is 45.6 Å². The van der Waals surface area contributed by atoms with Crippen LogP contribution in [0.1, 0.15) is 49.8 Å². The highest BCUT2D eigenvalue weighted by Gasteiger charge is 2.36. The van der Waals surface area contributed by atoms with Crippen LogP contribution < -0.4 is 4.90 Å². The van der Waals surface area contributed by atoms with Gasteiger partial charge in [0.2, 0.25) is 0 Å². The summed E-state index contributed by atoms with van der Waals surface area (Å²) in [4.78, 5) is 28.3. The third-order valence-corrected chi connectivity index (χ3v) is 6.34. The molecular weight excluding hydrogens is 344 g/mol. The number of anilines is 1. The van der Waals surface area contributed by atoms with Gasteiger partial charge in [-0.3, -0.25) is 14.5 Å². The van der Waals surface area contributed by atoms with Crippen molar-refractivity contribution < 1.29 is 9.59 Å². The summed E-state index contributed by atoms with van der Waals surface area (Å²) in [5.74, 6) is 2.49. The molecule has 0 aromatic heterocycles. The second-order valence-electron chi connectivity index (χ2n) is 7.72. The van der Waals surface area contributed by atoms with Crippen LogP contribution in [-0.4, -0.2) is 35.2 Å². The highest BCUT2D eigenvalue weighted by Crippen LogP contribution is 2.44. The summed E-state index contributed by atoms with van der Waals surface area (Å²) >= 11 is 0.956. The van der Waals surface area contributed by atoms with Crippen molar-refractivity contribution in [1.29, 1.82) is 0 Å². The summed E-state index contributed by atoms with van der Waals surface area (Å²) in [6.07, 6.45) is 8.14. The van der Waals surface area contributed by atoms with Gasteiger partial charge in [-0.1, -0.05) is 12.8 Å². The molecule has 4 nitrogen and oxygen atoms in total. The SMILES string of the molecule is C#CCN1C(=O)S/C(=C/c2cc3c(cc2C)N(C)C(C)(C)CC3C)C1=O. The van der Waals surface area contributed by atoms with E-state index in [0.717, 1.165) is 34.2 Å². The minimum Gasteiger partial charge on any atom is -0.369 e. The number of nitrogens with zero attached hydrogens (tertiary/aromatic N) is 2. The molecule has 0 aliphatic carbocycles. The monoisotopic (exact) mass is 368 g/mol. The first-order chi connectivity index (χ1) is 12.2. The fourth-order valence-corrected chi connectivity index (χ4v) is 4.59. The van der Waals surface area contributed by atoms with E-state index in [2.05, 4.69) is 50.8 Å². The smallest absolute Gasteiger partial charge is 0.294 e. The molecule has 26 heavy (non-hydrogen) atoms. The first-order valence-electron chi connectivity index (χ1n) is 8.73. The van der Waals surface area contributed by atoms with Gasteiger partial charge >= 0.3 is 0 Å². The number of terminal acetylenes is 1. The Hall–Kier alpha value is -2.19. The standard InChI is InChI=1S/C21H24N2O2S/c1-7-8-23-19(24)18(26-20(23)25)11-15-10-16-14(3)12-21(4,5)22(6)17(16)9-13(15)2/h1,9-11,14H,8,12H2,2-6H3/b18-11+. The molecule has 0 saturated carbocycles. The summed E-state index contributed by atoms with van der Waals surface area (Å²) in [5.41, 5.74) is 4.70. The van der Waals surface area contributed by atoms with Crippen LogP contribution in [0.15, 0.2) is 17.0 Å². The predicted octanol–water partition coefficient (Wildman–Crippen LogP) is 4.39. The first-order valence-corrected chi connectivity index (χ1v) is 9.54. The maximum Gasteiger partial charge on any atom is 0.294 e. The number of amides is 2. The maximum atomic E-state index is 12.4. The van der Waals surface area contributed by atoms with Crippen LogP contribution in [-0.2, 0) is 4.79 Å². The van der Waals surface area contributed by atoms with Crippen molar-refractivity contribution in [3.63, 3.8) is 0 Å². The molecule has 2 aliphatic rings. The molecule has 0 radical (unpaired) electrons. The molecule has 136 valence electrons. The van der Waals surface area contributed by atoms with Gasteiger partial charge < -0.3 is 4.90 Å². The van der Waals surface area contributed by atoms with Crippen molar-refractivity contribution in [1.82, 2.24) is 4.90 Å². The lowest BCUT2D eigenvalue weighted by molar-refractivity contribution is -0.122. The number of fused-ring (bicyclic) bond motifs is 1. The Bertz CT molecular complexity index is 863. The van der Waals surface area contributed by atoms with Crippen LogP contribution >= 0.6 is 11.8 Å². The highest BCUT2D eigenvalue weighted by atomic mass is 32.2. The molecule has 3 rings (SSSR count). The van der Waals surface area contributed by atoms with Gasteiger partial charge in [0, 0.05) is 18.3 Å². The number of imide groups is 1. The van der Waals surface area contributed by atoms with E-state index in [9.17, 15) is 9.59 Å². The molecule has 1 aromatic rings. The Balaban J connectivity index is 2.02. The second-order valence-corrected chi connectivity index (χ2v) is 8.71. The second kappa shape index (κ2) is 6.51. The fraction of sp³-hybridized carbons (Fsp3) is 0.429. The van der Waals surface area contributed by atoms with Gasteiger partial charge in [-0.25, -0.2) is 0 Å². The molecular formula is C21H24N2O2S. The summed E-state index contributed by atoms with van der Waals surface area (Å²) in [7, 11) is 2.13. The number of hydrogen-bond donors (Lipinski definition) is 0. The molecule has 1 unspecified atom stereocenters. The Morgan fingerprint density at radius 2 is 2.08 bits per heavy atom. The van der Waals surface area contributed by atoms with E-state index in [-0.39, 0.29) is 23.2 Å². The number of thioether (sulfide) groups is 1. The van der Waals surface area contributed by atoms with Crippen LogP contribution in [0.2, 0.25) is 0 Å². The topological polar surface area (TPSA) is 40.6 Å². The van der Waals surface area contributed by atoms with E-state index >= 15 is 0 Å². The van der Waals surface area contributed by atoms with Crippen molar-refractivity contribution in [3.05, 3.63) is 33.7 Å². The summed E-state index contributed by atoms with van der Waals surface area (Å²) in [5, 5.41) is -0.301. The molecule has 0 bridgehead atoms. The number of hydrogen-bond acceptors (Lipinski definition) is 4. The number of rotatable bonds is 2. The van der Waals surface area contributed by atoms with Gasteiger partial charge in [0.15, 0.2) is 0 Å². The molecule has 1 fully saturated rings. The average Bonchev–Trinajstić information content (AvgIpc) is 2.82. The zero-order valence-electron chi connectivity index (χ0n) is 15.9. The van der Waals surface area contributed by atoms with E-state index in [0.29, 0.717) is 10.8 Å². The van der Waals surface area contributed by atoms with E-state index in [1.54, 1.807) is 0 Å². The van der Waals surface area contributed by atoms with Gasteiger partial charge in [-0.05, 0) is 79.8 Å². The quantitative estimate of drug-likeness (QED) is 0.573. The lowest BCUT2D eigenvalue weighted by atomic mass is 9.79. The molecule has 5 heteroatoms. The number of carbonyl (C=O) groups is 2. The van der Waals surface area contributed by atoms with Gasteiger partial charge in [-0.2, -0.15) is 0 Å². The minimum atomic E-state index is -0.304. The maximum absolute atomic E-state index is 12.4. The van der Waals surface area contributed by atoms with Crippen LogP contribution in [0.4, 0.5) is 10.5 Å². The number of carbonyl (C=O) groups excluding carboxylic acids is 2. The van der Waals surface area contributed by atoms with Crippen molar-refractivity contribution in [3.8, 4) is 12.3 Å². The first kappa shape index (κ1) is 18.6. The van der Waals surface area contributed by atoms with Crippen molar-refractivity contribution in [2.75, 3.05) is 18.5 Å². The van der Waals surface area contributed by atoms with Crippen LogP contribution in [0, 0.1) is 19.3 Å². The van der Waals surface area contributed by atoms with E-state index < -0.39 is 0 Å². The van der Waals surface area contributed by atoms with Crippen molar-refractivity contribution >= 4 is 34.7 Å². The van der Waals surface area contributed by atoms with E-state index in [1.165, 1.54) is 11.3 Å². The zero-order valence-corrected chi connectivity index (χ0v) is 16.7. The van der Waals surface area contributed by atoms with Gasteiger partial charge in [0.1, 0.15) is 0 Å². The van der Waals surface area contributed by atoms with Crippen molar-refractivity contribution in [2.24, 2.45) is 0 Å². The van der Waals surface area contributed by atoms with E-state index in [1.807, 2.05) is 13.0 Å². The minimum absolute atomic E-state index is 0.0160. The molecule has 1 aromatic carbocycles. The Kier molecular flexibility index (Phi) is 4.66. The summed E-state index contributed by atoms with van der Waals surface area (Å²) in [6, 6.07) is 4.35. The number of aryl methyl sites for hydroxylation is 1. The molecule has 2 aliphatic heterocycles. The zero-order chi connectivity index (χ0) is 19.2. The van der Waals surface area contributed by atoms with Gasteiger partial charge in [0.05, 0.1) is 11.4 Å². The number of benzene rings is 1. The van der Waals surface area contributed by atoms with E-state index in [4.69, 9.17) is 6.42 Å². The molecule has 0 N–H and O–H groups in total. The van der Waals surface area contributed by atoms with Gasteiger partial charge in [-0.15, -0.1) is 6.42 Å². The molecule has 0 spiro atoms. The lowest BCUT2D eigenvalue weighted by Crippen LogP contribution is -2.45. The van der Waals surface area contributed by atoms with Gasteiger partial charge in [0.25, 0.3) is 11.1 Å². The lowest BCUT2D eigenvalue weighted by Gasteiger charge is -2.45. The third-order valence-electron chi connectivity index (χ3n) is 5.43. The summed E-state index contributed by atoms with van der Waals surface area (Å²) in [6.45, 7) is 8.82. The van der Waals surface area contributed by atoms with Crippen LogP contribution in [0.25, 0.3) is 6.08 Å². The molecule has 1 saturated heterocycles. The molecule has 2 amide bonds. The van der Waals surface area contributed by atoms with Crippen LogP contribution in [0.5, 0.6) is 0 Å². The van der Waals surface area contributed by atoms with Crippen LogP contribution in [0.3, 0.4) is 0 Å². The Morgan fingerprint density at radius 1 is 1.38 bits per heavy atom. The largest absolute Gasteiger partial charge is 0.369 e. The predicted molar refractivity (Wildman–Crippen MR) is 108 cm³/mol. The summed E-state index contributed by atoms with van der Waals surface area (Å²) < 4.78 is 0. The third kappa shape index (κ3) is 3.03. The normalized spacial score (nSPS) is 23.4.